The van der Waals surface area contributed by atoms with Crippen LogP contribution in [0.5, 0.6) is 0 Å². The molecule has 0 N–H and O–H groups in total. The molecular formula is C36H23N5. The lowest BCUT2D eigenvalue weighted by atomic mass is 9.91. The van der Waals surface area contributed by atoms with Crippen molar-refractivity contribution in [2.75, 3.05) is 4.90 Å². The van der Waals surface area contributed by atoms with Gasteiger partial charge in [0.1, 0.15) is 12.1 Å². The average molecular weight is 526 g/mol. The van der Waals surface area contributed by atoms with Crippen molar-refractivity contribution in [3.05, 3.63) is 140 Å². The molecule has 0 spiro atoms. The molecule has 0 saturated heterocycles. The van der Waals surface area contributed by atoms with E-state index in [4.69, 9.17) is 19.9 Å². The van der Waals surface area contributed by atoms with E-state index >= 15 is 0 Å². The summed E-state index contributed by atoms with van der Waals surface area (Å²) in [5, 5.41) is 1.03. The third kappa shape index (κ3) is 3.95. The first-order valence-corrected chi connectivity index (χ1v) is 13.6. The summed E-state index contributed by atoms with van der Waals surface area (Å²) in [7, 11) is 0. The highest BCUT2D eigenvalue weighted by molar-refractivity contribution is 6.12. The van der Waals surface area contributed by atoms with Gasteiger partial charge in [0, 0.05) is 27.9 Å². The second-order valence-electron chi connectivity index (χ2n) is 10.00. The van der Waals surface area contributed by atoms with Crippen LogP contribution in [-0.2, 0) is 0 Å². The molecule has 3 heterocycles. The Hall–Kier alpha value is -5.68. The first kappa shape index (κ1) is 23.2. The molecule has 0 aliphatic carbocycles. The summed E-state index contributed by atoms with van der Waals surface area (Å²) < 4.78 is 0. The zero-order valence-corrected chi connectivity index (χ0v) is 22.0. The van der Waals surface area contributed by atoms with E-state index in [9.17, 15) is 0 Å². The van der Waals surface area contributed by atoms with Gasteiger partial charge in [-0.1, -0.05) is 97.1 Å². The summed E-state index contributed by atoms with van der Waals surface area (Å²) in [5.41, 5.74) is 9.97. The summed E-state index contributed by atoms with van der Waals surface area (Å²) >= 11 is 0. The van der Waals surface area contributed by atoms with Gasteiger partial charge < -0.3 is 0 Å². The van der Waals surface area contributed by atoms with E-state index in [1.807, 2.05) is 54.6 Å². The van der Waals surface area contributed by atoms with Gasteiger partial charge >= 0.3 is 0 Å². The summed E-state index contributed by atoms with van der Waals surface area (Å²) in [5.74, 6) is 1.56. The summed E-state index contributed by atoms with van der Waals surface area (Å²) in [6.45, 7) is 0. The molecule has 0 atom stereocenters. The Morgan fingerprint density at radius 3 is 1.88 bits per heavy atom. The van der Waals surface area contributed by atoms with Crippen LogP contribution in [0.15, 0.2) is 140 Å². The number of hydrogen-bond donors (Lipinski definition) is 0. The number of para-hydroxylation sites is 2. The zero-order chi connectivity index (χ0) is 27.2. The predicted octanol–water partition coefficient (Wildman–Crippen LogP) is 8.87. The summed E-state index contributed by atoms with van der Waals surface area (Å²) in [6, 6.07) is 45.6. The molecule has 0 bridgehead atoms. The number of fused-ring (bicyclic) bond motifs is 2. The lowest BCUT2D eigenvalue weighted by molar-refractivity contribution is 1.14. The lowest BCUT2D eigenvalue weighted by Gasteiger charge is -2.32. The Morgan fingerprint density at radius 1 is 0.488 bits per heavy atom. The van der Waals surface area contributed by atoms with E-state index in [1.165, 1.54) is 0 Å². The highest BCUT2D eigenvalue weighted by Crippen LogP contribution is 2.50. The van der Waals surface area contributed by atoms with Gasteiger partial charge in [-0.15, -0.1) is 0 Å². The zero-order valence-electron chi connectivity index (χ0n) is 22.0. The first-order chi connectivity index (χ1) is 20.3. The van der Waals surface area contributed by atoms with Crippen LogP contribution in [0.2, 0.25) is 0 Å². The molecule has 5 aromatic carbocycles. The molecule has 192 valence electrons. The monoisotopic (exact) mass is 525 g/mol. The number of rotatable bonds is 4. The van der Waals surface area contributed by atoms with E-state index in [0.717, 1.165) is 67.3 Å². The Kier molecular flexibility index (Phi) is 5.38. The van der Waals surface area contributed by atoms with Gasteiger partial charge in [-0.3, -0.25) is 4.90 Å². The van der Waals surface area contributed by atoms with Crippen LogP contribution >= 0.6 is 0 Å². The number of nitrogens with zero attached hydrogens (tertiary/aromatic N) is 5. The molecule has 0 amide bonds. The van der Waals surface area contributed by atoms with Crippen molar-refractivity contribution < 1.29 is 0 Å². The molecule has 1 aliphatic heterocycles. The quantitative estimate of drug-likeness (QED) is 0.230. The van der Waals surface area contributed by atoms with E-state index in [-0.39, 0.29) is 0 Å². The molecule has 7 aromatic rings. The second-order valence-corrected chi connectivity index (χ2v) is 10.00. The number of benzene rings is 5. The highest BCUT2D eigenvalue weighted by atomic mass is 15.2. The third-order valence-corrected chi connectivity index (χ3v) is 7.50. The fraction of sp³-hybridized carbons (Fsp3) is 0. The molecule has 0 saturated carbocycles. The van der Waals surface area contributed by atoms with Gasteiger partial charge in [0.25, 0.3) is 0 Å². The molecular weight excluding hydrogens is 502 g/mol. The molecule has 1 aliphatic rings. The van der Waals surface area contributed by atoms with Gasteiger partial charge in [0.15, 0.2) is 5.82 Å². The molecule has 0 unspecified atom stereocenters. The fourth-order valence-electron chi connectivity index (χ4n) is 5.62. The number of aromatic nitrogens is 4. The molecule has 41 heavy (non-hydrogen) atoms. The van der Waals surface area contributed by atoms with Crippen molar-refractivity contribution in [1.82, 2.24) is 19.9 Å². The highest BCUT2D eigenvalue weighted by Gasteiger charge is 2.28. The standard InChI is InChI=1S/C36H23N5/c1-4-12-24(13-5-1)30-22-31(40-35(39-30)25-14-6-2-7-15-25)26-20-29-28-18-10-11-19-33(28)41(27-16-8-3-9-17-27)36-34(29)32(21-26)37-23-38-36/h1-23H. The van der Waals surface area contributed by atoms with Crippen LogP contribution in [-0.4, -0.2) is 19.9 Å². The molecule has 0 radical (unpaired) electrons. The summed E-state index contributed by atoms with van der Waals surface area (Å²) in [4.78, 5) is 21.8. The topological polar surface area (TPSA) is 54.8 Å². The first-order valence-electron chi connectivity index (χ1n) is 13.6. The van der Waals surface area contributed by atoms with Crippen LogP contribution in [0.4, 0.5) is 17.2 Å². The van der Waals surface area contributed by atoms with Crippen LogP contribution in [0, 0.1) is 0 Å². The van der Waals surface area contributed by atoms with Crippen molar-refractivity contribution in [2.24, 2.45) is 0 Å². The second kappa shape index (κ2) is 9.50. The lowest BCUT2D eigenvalue weighted by Crippen LogP contribution is -2.16. The molecule has 0 fully saturated rings. The largest absolute Gasteiger partial charge is 0.294 e. The average Bonchev–Trinajstić information content (AvgIpc) is 3.06. The predicted molar refractivity (Wildman–Crippen MR) is 165 cm³/mol. The van der Waals surface area contributed by atoms with E-state index < -0.39 is 0 Å². The normalized spacial score (nSPS) is 11.9. The Labute approximate surface area is 237 Å². The van der Waals surface area contributed by atoms with Crippen molar-refractivity contribution in [3.63, 3.8) is 0 Å². The molecule has 5 heteroatoms. The Morgan fingerprint density at radius 2 is 1.12 bits per heavy atom. The van der Waals surface area contributed by atoms with Gasteiger partial charge in [-0.05, 0) is 42.0 Å². The minimum Gasteiger partial charge on any atom is -0.294 e. The SMILES string of the molecule is c1ccc(-c2cc(-c3cc4c5c(ncnc5c3)N(c3ccccc3)c3ccccc3-4)nc(-c3ccccc3)n2)cc1. The van der Waals surface area contributed by atoms with Crippen LogP contribution in [0.3, 0.4) is 0 Å². The smallest absolute Gasteiger partial charge is 0.160 e. The van der Waals surface area contributed by atoms with E-state index in [0.29, 0.717) is 5.82 Å². The van der Waals surface area contributed by atoms with Crippen molar-refractivity contribution >= 4 is 28.1 Å². The van der Waals surface area contributed by atoms with Crippen LogP contribution < -0.4 is 4.90 Å². The van der Waals surface area contributed by atoms with Crippen molar-refractivity contribution in [1.29, 1.82) is 0 Å². The fourth-order valence-corrected chi connectivity index (χ4v) is 5.62. The maximum atomic E-state index is 5.08. The minimum absolute atomic E-state index is 0.690. The Balaban J connectivity index is 1.38. The van der Waals surface area contributed by atoms with Gasteiger partial charge in [-0.2, -0.15) is 0 Å². The van der Waals surface area contributed by atoms with Gasteiger partial charge in [0.2, 0.25) is 0 Å². The van der Waals surface area contributed by atoms with Crippen molar-refractivity contribution in [3.8, 4) is 45.0 Å². The van der Waals surface area contributed by atoms with Gasteiger partial charge in [0.05, 0.1) is 28.0 Å². The summed E-state index contributed by atoms with van der Waals surface area (Å²) in [6.07, 6.45) is 1.65. The number of hydrogen-bond acceptors (Lipinski definition) is 5. The van der Waals surface area contributed by atoms with Gasteiger partial charge in [-0.25, -0.2) is 19.9 Å². The van der Waals surface area contributed by atoms with E-state index in [2.05, 4.69) is 83.8 Å². The third-order valence-electron chi connectivity index (χ3n) is 7.50. The maximum absolute atomic E-state index is 5.08. The molecule has 8 rings (SSSR count). The van der Waals surface area contributed by atoms with Crippen molar-refractivity contribution in [2.45, 2.75) is 0 Å². The minimum atomic E-state index is 0.690. The maximum Gasteiger partial charge on any atom is 0.160 e. The molecule has 5 nitrogen and oxygen atoms in total. The Bertz CT molecular complexity index is 1980. The van der Waals surface area contributed by atoms with Crippen LogP contribution in [0.1, 0.15) is 0 Å². The number of anilines is 3. The molecule has 2 aromatic heterocycles. The van der Waals surface area contributed by atoms with Crippen LogP contribution in [0.25, 0.3) is 55.9 Å². The van der Waals surface area contributed by atoms with E-state index in [1.54, 1.807) is 6.33 Å².